The number of anilines is 1. The lowest BCUT2D eigenvalue weighted by molar-refractivity contribution is 0.410. The molecule has 1 aromatic rings. The topological polar surface area (TPSA) is 29.9 Å². The first-order valence-electron chi connectivity index (χ1n) is 6.60. The number of hydrogen-bond donors (Lipinski definition) is 1. The summed E-state index contributed by atoms with van der Waals surface area (Å²) in [5.41, 5.74) is 0. The fourth-order valence-corrected chi connectivity index (χ4v) is 3.53. The molecule has 0 aromatic carbocycles. The molecule has 2 rings (SSSR count). The minimum absolute atomic E-state index is 0.433. The SMILES string of the molecule is CCn1ccnc1NCC1(SC)CCCCC1. The summed E-state index contributed by atoms with van der Waals surface area (Å²) in [6.07, 6.45) is 13.0. The zero-order valence-corrected chi connectivity index (χ0v) is 11.7. The third-order valence-corrected chi connectivity index (χ3v) is 5.24. The lowest BCUT2D eigenvalue weighted by Crippen LogP contribution is -2.36. The molecule has 3 nitrogen and oxygen atoms in total. The van der Waals surface area contributed by atoms with E-state index in [9.17, 15) is 0 Å². The van der Waals surface area contributed by atoms with Crippen LogP contribution < -0.4 is 5.32 Å². The summed E-state index contributed by atoms with van der Waals surface area (Å²) >= 11 is 2.03. The van der Waals surface area contributed by atoms with Crippen LogP contribution in [0.5, 0.6) is 0 Å². The standard InChI is InChI=1S/C13H23N3S/c1-3-16-10-9-14-12(16)15-11-13(17-2)7-5-4-6-8-13/h9-10H,3-8,11H2,1-2H3,(H,14,15). The van der Waals surface area contributed by atoms with E-state index in [4.69, 9.17) is 0 Å². The molecule has 0 aliphatic heterocycles. The third-order valence-electron chi connectivity index (χ3n) is 3.82. The highest BCUT2D eigenvalue weighted by Crippen LogP contribution is 2.38. The molecule has 4 heteroatoms. The Morgan fingerprint density at radius 2 is 2.18 bits per heavy atom. The monoisotopic (exact) mass is 253 g/mol. The van der Waals surface area contributed by atoms with Crippen molar-refractivity contribution in [1.82, 2.24) is 9.55 Å². The lowest BCUT2D eigenvalue weighted by Gasteiger charge is -2.36. The second-order valence-electron chi connectivity index (χ2n) is 4.84. The molecule has 96 valence electrons. The van der Waals surface area contributed by atoms with Gasteiger partial charge in [0.2, 0.25) is 5.95 Å². The molecule has 1 saturated carbocycles. The Labute approximate surface area is 108 Å². The van der Waals surface area contributed by atoms with Crippen LogP contribution in [0.3, 0.4) is 0 Å². The second-order valence-corrected chi connectivity index (χ2v) is 6.11. The van der Waals surface area contributed by atoms with Crippen LogP contribution >= 0.6 is 11.8 Å². The van der Waals surface area contributed by atoms with Gasteiger partial charge in [-0.05, 0) is 26.0 Å². The Morgan fingerprint density at radius 3 is 2.82 bits per heavy atom. The Hall–Kier alpha value is -0.640. The van der Waals surface area contributed by atoms with Crippen LogP contribution in [0.1, 0.15) is 39.0 Å². The van der Waals surface area contributed by atoms with Crippen LogP contribution in [0, 0.1) is 0 Å². The van der Waals surface area contributed by atoms with Crippen molar-refractivity contribution in [3.8, 4) is 0 Å². The molecule has 0 radical (unpaired) electrons. The zero-order valence-electron chi connectivity index (χ0n) is 10.9. The van der Waals surface area contributed by atoms with Crippen molar-refractivity contribution in [2.45, 2.75) is 50.3 Å². The highest BCUT2D eigenvalue weighted by Gasteiger charge is 2.31. The fourth-order valence-electron chi connectivity index (χ4n) is 2.62. The molecule has 0 saturated heterocycles. The summed E-state index contributed by atoms with van der Waals surface area (Å²) in [6.45, 7) is 4.18. The Kier molecular flexibility index (Phi) is 4.37. The van der Waals surface area contributed by atoms with Crippen molar-refractivity contribution in [1.29, 1.82) is 0 Å². The van der Waals surface area contributed by atoms with Crippen molar-refractivity contribution in [3.05, 3.63) is 12.4 Å². The molecule has 0 amide bonds. The van der Waals surface area contributed by atoms with E-state index in [1.807, 2.05) is 24.2 Å². The van der Waals surface area contributed by atoms with E-state index in [-0.39, 0.29) is 0 Å². The second kappa shape index (κ2) is 5.80. The number of aryl methyl sites for hydroxylation is 1. The molecule has 1 N–H and O–H groups in total. The first-order valence-corrected chi connectivity index (χ1v) is 7.82. The van der Waals surface area contributed by atoms with Crippen molar-refractivity contribution in [2.24, 2.45) is 0 Å². The van der Waals surface area contributed by atoms with Gasteiger partial charge in [0.05, 0.1) is 0 Å². The summed E-state index contributed by atoms with van der Waals surface area (Å²) in [5.74, 6) is 1.02. The Bertz CT molecular complexity index is 342. The zero-order chi connectivity index (χ0) is 12.1. The van der Waals surface area contributed by atoms with E-state index in [2.05, 4.69) is 28.0 Å². The van der Waals surface area contributed by atoms with E-state index in [1.165, 1.54) is 32.1 Å². The van der Waals surface area contributed by atoms with Gasteiger partial charge in [-0.15, -0.1) is 0 Å². The quantitative estimate of drug-likeness (QED) is 0.872. The van der Waals surface area contributed by atoms with Gasteiger partial charge in [-0.3, -0.25) is 0 Å². The van der Waals surface area contributed by atoms with Gasteiger partial charge in [0.15, 0.2) is 0 Å². The number of thioether (sulfide) groups is 1. The number of nitrogens with zero attached hydrogens (tertiary/aromatic N) is 2. The maximum Gasteiger partial charge on any atom is 0.202 e. The van der Waals surface area contributed by atoms with Crippen LogP contribution in [0.4, 0.5) is 5.95 Å². The molecule has 1 aromatic heterocycles. The van der Waals surface area contributed by atoms with Crippen LogP contribution in [0.2, 0.25) is 0 Å². The largest absolute Gasteiger partial charge is 0.354 e. The van der Waals surface area contributed by atoms with Crippen LogP contribution in [0.25, 0.3) is 0 Å². The van der Waals surface area contributed by atoms with Crippen molar-refractivity contribution >= 4 is 17.7 Å². The molecule has 0 atom stereocenters. The van der Waals surface area contributed by atoms with E-state index >= 15 is 0 Å². The average molecular weight is 253 g/mol. The summed E-state index contributed by atoms with van der Waals surface area (Å²) < 4.78 is 2.60. The normalized spacial score (nSPS) is 19.2. The van der Waals surface area contributed by atoms with Crippen LogP contribution in [-0.4, -0.2) is 27.1 Å². The van der Waals surface area contributed by atoms with Crippen molar-refractivity contribution < 1.29 is 0 Å². The summed E-state index contributed by atoms with van der Waals surface area (Å²) in [4.78, 5) is 4.38. The molecule has 1 heterocycles. The van der Waals surface area contributed by atoms with Crippen LogP contribution in [-0.2, 0) is 6.54 Å². The number of nitrogens with one attached hydrogen (secondary N) is 1. The smallest absolute Gasteiger partial charge is 0.202 e. The third kappa shape index (κ3) is 2.97. The molecular formula is C13H23N3S. The summed E-state index contributed by atoms with van der Waals surface area (Å²) in [6, 6.07) is 0. The molecular weight excluding hydrogens is 230 g/mol. The maximum atomic E-state index is 4.38. The van der Waals surface area contributed by atoms with Gasteiger partial charge in [0.1, 0.15) is 0 Å². The van der Waals surface area contributed by atoms with Gasteiger partial charge >= 0.3 is 0 Å². The molecule has 1 fully saturated rings. The molecule has 1 aliphatic carbocycles. The van der Waals surface area contributed by atoms with E-state index in [0.29, 0.717) is 4.75 Å². The van der Waals surface area contributed by atoms with Crippen molar-refractivity contribution in [2.75, 3.05) is 18.1 Å². The highest BCUT2D eigenvalue weighted by atomic mass is 32.2. The Morgan fingerprint density at radius 1 is 1.41 bits per heavy atom. The first kappa shape index (κ1) is 12.8. The summed E-state index contributed by atoms with van der Waals surface area (Å²) in [7, 11) is 0. The minimum Gasteiger partial charge on any atom is -0.354 e. The highest BCUT2D eigenvalue weighted by molar-refractivity contribution is 8.00. The summed E-state index contributed by atoms with van der Waals surface area (Å²) in [5, 5.41) is 3.54. The van der Waals surface area contributed by atoms with Gasteiger partial charge in [0.25, 0.3) is 0 Å². The van der Waals surface area contributed by atoms with Gasteiger partial charge in [0, 0.05) is 30.2 Å². The number of hydrogen-bond acceptors (Lipinski definition) is 3. The van der Waals surface area contributed by atoms with E-state index < -0.39 is 0 Å². The predicted octanol–water partition coefficient (Wildman–Crippen LogP) is 3.38. The minimum atomic E-state index is 0.433. The molecule has 17 heavy (non-hydrogen) atoms. The van der Waals surface area contributed by atoms with Crippen LogP contribution in [0.15, 0.2) is 12.4 Å². The number of aromatic nitrogens is 2. The van der Waals surface area contributed by atoms with E-state index in [0.717, 1.165) is 19.0 Å². The van der Waals surface area contributed by atoms with Gasteiger partial charge in [-0.2, -0.15) is 11.8 Å². The predicted molar refractivity (Wildman–Crippen MR) is 75.7 cm³/mol. The lowest BCUT2D eigenvalue weighted by atomic mass is 9.88. The number of imidazole rings is 1. The van der Waals surface area contributed by atoms with Crippen molar-refractivity contribution in [3.63, 3.8) is 0 Å². The maximum absolute atomic E-state index is 4.38. The Balaban J connectivity index is 1.95. The van der Waals surface area contributed by atoms with Gasteiger partial charge in [-0.1, -0.05) is 19.3 Å². The average Bonchev–Trinajstić information content (AvgIpc) is 2.85. The molecule has 0 unspecified atom stereocenters. The van der Waals surface area contributed by atoms with Gasteiger partial charge < -0.3 is 9.88 Å². The molecule has 0 spiro atoms. The van der Waals surface area contributed by atoms with Gasteiger partial charge in [-0.25, -0.2) is 4.98 Å². The van der Waals surface area contributed by atoms with E-state index in [1.54, 1.807) is 0 Å². The first-order chi connectivity index (χ1) is 8.29. The molecule has 0 bridgehead atoms. The molecule has 1 aliphatic rings. The number of rotatable bonds is 5. The fraction of sp³-hybridized carbons (Fsp3) is 0.769.